The molecule has 4 nitrogen and oxygen atoms in total. The number of benzene rings is 1. The molecule has 2 unspecified atom stereocenters. The van der Waals surface area contributed by atoms with Crippen molar-refractivity contribution in [2.24, 2.45) is 11.7 Å². The number of nitrogens with two attached hydrogens (primary N) is 1. The van der Waals surface area contributed by atoms with Crippen molar-refractivity contribution in [1.82, 2.24) is 4.31 Å². The predicted molar refractivity (Wildman–Crippen MR) is 89.2 cm³/mol. The molecule has 0 aliphatic carbocycles. The summed E-state index contributed by atoms with van der Waals surface area (Å²) in [6.45, 7) is 2.87. The molecule has 126 valence electrons. The fourth-order valence-corrected chi connectivity index (χ4v) is 4.40. The monoisotopic (exact) mass is 370 g/mol. The SMILES string of the molecule is CC(N)C1CCCN(S(=O)(=O)Cc2ccc(F)c(Cl)c2)C1.Cl. The Bertz CT molecular complexity index is 611. The van der Waals surface area contributed by atoms with Crippen LogP contribution in [0, 0.1) is 11.7 Å². The van der Waals surface area contributed by atoms with Gasteiger partial charge in [-0.3, -0.25) is 0 Å². The van der Waals surface area contributed by atoms with Gasteiger partial charge in [0.05, 0.1) is 10.8 Å². The van der Waals surface area contributed by atoms with Crippen LogP contribution >= 0.6 is 24.0 Å². The van der Waals surface area contributed by atoms with E-state index in [4.69, 9.17) is 17.3 Å². The highest BCUT2D eigenvalue weighted by Crippen LogP contribution is 2.24. The van der Waals surface area contributed by atoms with Crippen LogP contribution in [0.2, 0.25) is 5.02 Å². The van der Waals surface area contributed by atoms with E-state index in [2.05, 4.69) is 0 Å². The van der Waals surface area contributed by atoms with E-state index in [9.17, 15) is 12.8 Å². The van der Waals surface area contributed by atoms with E-state index in [0.717, 1.165) is 12.8 Å². The lowest BCUT2D eigenvalue weighted by Crippen LogP contribution is -2.45. The first-order chi connectivity index (χ1) is 9.79. The van der Waals surface area contributed by atoms with Crippen LogP contribution in [0.15, 0.2) is 18.2 Å². The molecule has 22 heavy (non-hydrogen) atoms. The fourth-order valence-electron chi connectivity index (χ4n) is 2.59. The van der Waals surface area contributed by atoms with Crippen LogP contribution in [-0.4, -0.2) is 31.9 Å². The van der Waals surface area contributed by atoms with Crippen molar-refractivity contribution in [2.45, 2.75) is 31.6 Å². The maximum atomic E-state index is 13.1. The third kappa shape index (κ3) is 4.80. The molecule has 0 aromatic heterocycles. The molecule has 1 fully saturated rings. The summed E-state index contributed by atoms with van der Waals surface area (Å²) in [7, 11) is -3.44. The van der Waals surface area contributed by atoms with Crippen LogP contribution in [0.5, 0.6) is 0 Å². The summed E-state index contributed by atoms with van der Waals surface area (Å²) < 4.78 is 39.5. The minimum absolute atomic E-state index is 0. The Morgan fingerprint density at radius 2 is 2.18 bits per heavy atom. The molecule has 0 bridgehead atoms. The molecule has 1 aromatic carbocycles. The standard InChI is InChI=1S/C14H20ClFN2O2S.ClH/c1-10(17)12-3-2-6-18(8-12)21(19,20)9-11-4-5-14(16)13(15)7-11;/h4-5,7,10,12H,2-3,6,8-9,17H2,1H3;1H. The van der Waals surface area contributed by atoms with Crippen molar-refractivity contribution in [1.29, 1.82) is 0 Å². The van der Waals surface area contributed by atoms with E-state index in [1.807, 2.05) is 6.92 Å². The van der Waals surface area contributed by atoms with Crippen LogP contribution in [-0.2, 0) is 15.8 Å². The van der Waals surface area contributed by atoms with E-state index >= 15 is 0 Å². The summed E-state index contributed by atoms with van der Waals surface area (Å²) in [6, 6.07) is 3.98. The van der Waals surface area contributed by atoms with Crippen molar-refractivity contribution >= 4 is 34.0 Å². The lowest BCUT2D eigenvalue weighted by atomic mass is 9.93. The summed E-state index contributed by atoms with van der Waals surface area (Å²) in [6.07, 6.45) is 1.77. The van der Waals surface area contributed by atoms with Crippen molar-refractivity contribution in [3.8, 4) is 0 Å². The minimum atomic E-state index is -3.44. The molecule has 1 aromatic rings. The summed E-state index contributed by atoms with van der Waals surface area (Å²) in [5, 5.41) is -0.0604. The van der Waals surface area contributed by atoms with E-state index in [0.29, 0.717) is 18.7 Å². The number of hydrogen-bond donors (Lipinski definition) is 1. The van der Waals surface area contributed by atoms with Crippen LogP contribution in [0.3, 0.4) is 0 Å². The van der Waals surface area contributed by atoms with Gasteiger partial charge in [0.15, 0.2) is 0 Å². The third-order valence-electron chi connectivity index (χ3n) is 3.89. The van der Waals surface area contributed by atoms with Gasteiger partial charge in [0.1, 0.15) is 5.82 Å². The molecule has 1 aliphatic rings. The highest BCUT2D eigenvalue weighted by molar-refractivity contribution is 7.88. The van der Waals surface area contributed by atoms with E-state index < -0.39 is 15.8 Å². The largest absolute Gasteiger partial charge is 0.328 e. The number of halogens is 3. The Labute approximate surface area is 142 Å². The summed E-state index contributed by atoms with van der Waals surface area (Å²) in [4.78, 5) is 0. The van der Waals surface area contributed by atoms with Crippen LogP contribution in [0.25, 0.3) is 0 Å². The zero-order chi connectivity index (χ0) is 15.6. The molecule has 1 aliphatic heterocycles. The second kappa shape index (κ2) is 7.93. The number of nitrogens with zero attached hydrogens (tertiary/aromatic N) is 1. The molecule has 0 radical (unpaired) electrons. The second-order valence-electron chi connectivity index (χ2n) is 5.62. The van der Waals surface area contributed by atoms with E-state index in [1.54, 1.807) is 0 Å². The Morgan fingerprint density at radius 1 is 1.50 bits per heavy atom. The minimum Gasteiger partial charge on any atom is -0.328 e. The molecule has 0 spiro atoms. The molecular weight excluding hydrogens is 350 g/mol. The molecule has 1 heterocycles. The van der Waals surface area contributed by atoms with Gasteiger partial charge in [-0.05, 0) is 43.4 Å². The van der Waals surface area contributed by atoms with Gasteiger partial charge in [0.2, 0.25) is 10.0 Å². The predicted octanol–water partition coefficient (Wildman–Crippen LogP) is 2.79. The molecule has 0 amide bonds. The average Bonchev–Trinajstić information content (AvgIpc) is 2.43. The first-order valence-corrected chi connectivity index (χ1v) is 8.95. The van der Waals surface area contributed by atoms with Gasteiger partial charge in [-0.15, -0.1) is 12.4 Å². The van der Waals surface area contributed by atoms with Crippen molar-refractivity contribution in [3.63, 3.8) is 0 Å². The van der Waals surface area contributed by atoms with Crippen LogP contribution < -0.4 is 5.73 Å². The first kappa shape index (κ1) is 19.6. The summed E-state index contributed by atoms with van der Waals surface area (Å²) in [5.74, 6) is -0.531. The van der Waals surface area contributed by atoms with Crippen LogP contribution in [0.4, 0.5) is 4.39 Å². The maximum Gasteiger partial charge on any atom is 0.218 e. The number of sulfonamides is 1. The maximum absolute atomic E-state index is 13.1. The summed E-state index contributed by atoms with van der Waals surface area (Å²) >= 11 is 5.69. The van der Waals surface area contributed by atoms with Gasteiger partial charge in [0, 0.05) is 19.1 Å². The van der Waals surface area contributed by atoms with Crippen LogP contribution in [0.1, 0.15) is 25.3 Å². The lowest BCUT2D eigenvalue weighted by Gasteiger charge is -2.33. The lowest BCUT2D eigenvalue weighted by molar-refractivity contribution is 0.243. The molecule has 8 heteroatoms. The van der Waals surface area contributed by atoms with Gasteiger partial charge >= 0.3 is 0 Å². The zero-order valence-electron chi connectivity index (χ0n) is 12.3. The normalized spacial score (nSPS) is 21.2. The first-order valence-electron chi connectivity index (χ1n) is 6.97. The fraction of sp³-hybridized carbons (Fsp3) is 0.571. The van der Waals surface area contributed by atoms with Crippen molar-refractivity contribution < 1.29 is 12.8 Å². The highest BCUT2D eigenvalue weighted by Gasteiger charge is 2.30. The van der Waals surface area contributed by atoms with Crippen molar-refractivity contribution in [2.75, 3.05) is 13.1 Å². The average molecular weight is 371 g/mol. The van der Waals surface area contributed by atoms with E-state index in [1.165, 1.54) is 22.5 Å². The van der Waals surface area contributed by atoms with Gasteiger partial charge in [0.25, 0.3) is 0 Å². The van der Waals surface area contributed by atoms with E-state index in [-0.39, 0.29) is 35.1 Å². The Balaban J connectivity index is 0.00000242. The number of hydrogen-bond acceptors (Lipinski definition) is 3. The quantitative estimate of drug-likeness (QED) is 0.885. The Kier molecular flexibility index (Phi) is 7.08. The number of piperidine rings is 1. The van der Waals surface area contributed by atoms with Gasteiger partial charge < -0.3 is 5.73 Å². The molecule has 2 atom stereocenters. The smallest absolute Gasteiger partial charge is 0.218 e. The number of rotatable bonds is 4. The molecular formula is C14H21Cl2FN2O2S. The Morgan fingerprint density at radius 3 is 2.77 bits per heavy atom. The Hall–Kier alpha value is -0.400. The van der Waals surface area contributed by atoms with Gasteiger partial charge in [-0.1, -0.05) is 17.7 Å². The highest BCUT2D eigenvalue weighted by atomic mass is 35.5. The molecule has 2 N–H and O–H groups in total. The zero-order valence-corrected chi connectivity index (χ0v) is 14.7. The van der Waals surface area contributed by atoms with Crippen molar-refractivity contribution in [3.05, 3.63) is 34.6 Å². The van der Waals surface area contributed by atoms with Gasteiger partial charge in [-0.2, -0.15) is 0 Å². The third-order valence-corrected chi connectivity index (χ3v) is 6.00. The second-order valence-corrected chi connectivity index (χ2v) is 8.00. The van der Waals surface area contributed by atoms with Gasteiger partial charge in [-0.25, -0.2) is 17.1 Å². The molecule has 0 saturated carbocycles. The summed E-state index contributed by atoms with van der Waals surface area (Å²) in [5.41, 5.74) is 6.37. The topological polar surface area (TPSA) is 63.4 Å². The molecule has 2 rings (SSSR count). The molecule has 1 saturated heterocycles.